The van der Waals surface area contributed by atoms with E-state index < -0.39 is 5.97 Å². The van der Waals surface area contributed by atoms with E-state index in [4.69, 9.17) is 14.6 Å². The van der Waals surface area contributed by atoms with Crippen molar-refractivity contribution >= 4 is 5.97 Å². The lowest BCUT2D eigenvalue weighted by molar-refractivity contribution is -0.137. The summed E-state index contributed by atoms with van der Waals surface area (Å²) in [6, 6.07) is 7.18. The van der Waals surface area contributed by atoms with Crippen molar-refractivity contribution in [2.24, 2.45) is 0 Å². The molecule has 0 aliphatic rings. The molecule has 0 amide bonds. The zero-order valence-electron chi connectivity index (χ0n) is 9.74. The molecule has 0 spiro atoms. The van der Waals surface area contributed by atoms with Gasteiger partial charge in [-0.1, -0.05) is 12.1 Å². The van der Waals surface area contributed by atoms with Gasteiger partial charge in [0.1, 0.15) is 6.54 Å². The molecule has 6 nitrogen and oxygen atoms in total. The summed E-state index contributed by atoms with van der Waals surface area (Å²) >= 11 is 0. The molecular weight excluding hydrogens is 236 g/mol. The quantitative estimate of drug-likeness (QED) is 0.872. The van der Waals surface area contributed by atoms with Gasteiger partial charge in [-0.15, -0.1) is 0 Å². The van der Waals surface area contributed by atoms with Crippen molar-refractivity contribution in [1.29, 1.82) is 0 Å². The molecule has 1 N–H and O–H groups in total. The van der Waals surface area contributed by atoms with E-state index >= 15 is 0 Å². The second-order valence-corrected chi connectivity index (χ2v) is 3.52. The van der Waals surface area contributed by atoms with Crippen LogP contribution in [0.3, 0.4) is 0 Å². The van der Waals surface area contributed by atoms with Gasteiger partial charge < -0.3 is 14.6 Å². The number of carbonyl (C=O) groups is 1. The van der Waals surface area contributed by atoms with Crippen LogP contribution in [0.1, 0.15) is 0 Å². The van der Waals surface area contributed by atoms with Crippen LogP contribution in [0.5, 0.6) is 17.2 Å². The Morgan fingerprint density at radius 2 is 2.11 bits per heavy atom. The fourth-order valence-electron chi connectivity index (χ4n) is 1.45. The van der Waals surface area contributed by atoms with Crippen LogP contribution in [0.2, 0.25) is 0 Å². The van der Waals surface area contributed by atoms with E-state index in [1.807, 2.05) is 12.1 Å². The monoisotopic (exact) mass is 248 g/mol. The fraction of sp³-hybridized carbons (Fsp3) is 0.167. The van der Waals surface area contributed by atoms with Gasteiger partial charge in [0.2, 0.25) is 0 Å². The van der Waals surface area contributed by atoms with Gasteiger partial charge in [-0.05, 0) is 12.1 Å². The predicted octanol–water partition coefficient (Wildman–Crippen LogP) is 1.77. The highest BCUT2D eigenvalue weighted by atomic mass is 16.5. The largest absolute Gasteiger partial charge is 0.493 e. The molecule has 1 heterocycles. The molecule has 1 aromatic carbocycles. The van der Waals surface area contributed by atoms with Crippen LogP contribution < -0.4 is 9.47 Å². The Balaban J connectivity index is 2.13. The summed E-state index contributed by atoms with van der Waals surface area (Å²) in [5.74, 6) is 0.654. The van der Waals surface area contributed by atoms with Gasteiger partial charge in [-0.2, -0.15) is 5.10 Å². The first-order valence-corrected chi connectivity index (χ1v) is 5.24. The summed E-state index contributed by atoms with van der Waals surface area (Å²) in [4.78, 5) is 10.5. The lowest BCUT2D eigenvalue weighted by atomic mass is 10.3. The van der Waals surface area contributed by atoms with Crippen LogP contribution in [-0.2, 0) is 11.3 Å². The number of hydrogen-bond donors (Lipinski definition) is 1. The van der Waals surface area contributed by atoms with Crippen LogP contribution in [-0.4, -0.2) is 28.0 Å². The van der Waals surface area contributed by atoms with Gasteiger partial charge in [-0.3, -0.25) is 9.48 Å². The SMILES string of the molecule is COc1ccccc1Oc1cnn(CC(=O)O)c1. The number of nitrogens with zero attached hydrogens (tertiary/aromatic N) is 2. The molecule has 0 bridgehead atoms. The third kappa shape index (κ3) is 2.79. The number of benzene rings is 1. The third-order valence-corrected chi connectivity index (χ3v) is 2.20. The Labute approximate surface area is 103 Å². The molecule has 0 unspecified atom stereocenters. The first-order valence-electron chi connectivity index (χ1n) is 5.24. The summed E-state index contributed by atoms with van der Waals surface area (Å²) in [5, 5.41) is 12.5. The van der Waals surface area contributed by atoms with Crippen molar-refractivity contribution in [1.82, 2.24) is 9.78 Å². The molecule has 6 heteroatoms. The topological polar surface area (TPSA) is 73.6 Å². The Morgan fingerprint density at radius 3 is 2.78 bits per heavy atom. The predicted molar refractivity (Wildman–Crippen MR) is 62.9 cm³/mol. The highest BCUT2D eigenvalue weighted by molar-refractivity contribution is 5.66. The second kappa shape index (κ2) is 5.22. The van der Waals surface area contributed by atoms with E-state index in [0.29, 0.717) is 17.2 Å². The smallest absolute Gasteiger partial charge is 0.325 e. The third-order valence-electron chi connectivity index (χ3n) is 2.20. The molecule has 18 heavy (non-hydrogen) atoms. The van der Waals surface area contributed by atoms with Gasteiger partial charge in [0.25, 0.3) is 0 Å². The Hall–Kier alpha value is -2.50. The van der Waals surface area contributed by atoms with Gasteiger partial charge in [-0.25, -0.2) is 0 Å². The first-order chi connectivity index (χ1) is 8.69. The van der Waals surface area contributed by atoms with Crippen LogP contribution in [0.15, 0.2) is 36.7 Å². The molecule has 94 valence electrons. The lowest BCUT2D eigenvalue weighted by Crippen LogP contribution is -2.08. The van der Waals surface area contributed by atoms with E-state index in [9.17, 15) is 4.79 Å². The van der Waals surface area contributed by atoms with Crippen molar-refractivity contribution in [3.05, 3.63) is 36.7 Å². The summed E-state index contributed by atoms with van der Waals surface area (Å²) < 4.78 is 12.0. The molecule has 0 radical (unpaired) electrons. The number of ether oxygens (including phenoxy) is 2. The van der Waals surface area contributed by atoms with Gasteiger partial charge in [0.15, 0.2) is 17.2 Å². The number of aromatic nitrogens is 2. The molecule has 2 rings (SSSR count). The van der Waals surface area contributed by atoms with Crippen LogP contribution >= 0.6 is 0 Å². The normalized spacial score (nSPS) is 10.1. The summed E-state index contributed by atoms with van der Waals surface area (Å²) in [5.41, 5.74) is 0. The molecule has 2 aromatic rings. The zero-order chi connectivity index (χ0) is 13.0. The molecule has 0 saturated carbocycles. The van der Waals surface area contributed by atoms with E-state index in [1.54, 1.807) is 19.2 Å². The van der Waals surface area contributed by atoms with Crippen LogP contribution in [0.25, 0.3) is 0 Å². The highest BCUT2D eigenvalue weighted by Crippen LogP contribution is 2.30. The number of rotatable bonds is 5. The molecule has 0 atom stereocenters. The maximum Gasteiger partial charge on any atom is 0.325 e. The molecule has 0 aliphatic heterocycles. The zero-order valence-corrected chi connectivity index (χ0v) is 9.74. The average molecular weight is 248 g/mol. The van der Waals surface area contributed by atoms with Gasteiger partial charge >= 0.3 is 5.97 Å². The minimum atomic E-state index is -0.957. The molecular formula is C12H12N2O4. The summed E-state index contributed by atoms with van der Waals surface area (Å²) in [6.07, 6.45) is 2.97. The Bertz CT molecular complexity index is 551. The molecule has 1 aromatic heterocycles. The Morgan fingerprint density at radius 1 is 1.39 bits per heavy atom. The standard InChI is InChI=1S/C12H12N2O4/c1-17-10-4-2-3-5-11(10)18-9-6-13-14(7-9)8-12(15)16/h2-7H,8H2,1H3,(H,15,16). The molecule has 0 aliphatic carbocycles. The van der Waals surface area contributed by atoms with E-state index in [-0.39, 0.29) is 6.54 Å². The minimum Gasteiger partial charge on any atom is -0.493 e. The fourth-order valence-corrected chi connectivity index (χ4v) is 1.45. The lowest BCUT2D eigenvalue weighted by Gasteiger charge is -2.07. The maximum atomic E-state index is 10.5. The number of carboxylic acids is 1. The molecule has 0 saturated heterocycles. The minimum absolute atomic E-state index is 0.199. The molecule has 0 fully saturated rings. The number of methoxy groups -OCH3 is 1. The maximum absolute atomic E-state index is 10.5. The van der Waals surface area contributed by atoms with E-state index in [0.717, 1.165) is 0 Å². The number of carboxylic acid groups (broad SMARTS) is 1. The van der Waals surface area contributed by atoms with Crippen molar-refractivity contribution < 1.29 is 19.4 Å². The number of para-hydroxylation sites is 2. The summed E-state index contributed by atoms with van der Waals surface area (Å²) in [7, 11) is 1.55. The van der Waals surface area contributed by atoms with Crippen molar-refractivity contribution in [2.75, 3.05) is 7.11 Å². The van der Waals surface area contributed by atoms with Crippen molar-refractivity contribution in [3.63, 3.8) is 0 Å². The number of hydrogen-bond acceptors (Lipinski definition) is 4. The second-order valence-electron chi connectivity index (χ2n) is 3.52. The van der Waals surface area contributed by atoms with Crippen LogP contribution in [0.4, 0.5) is 0 Å². The van der Waals surface area contributed by atoms with Crippen molar-refractivity contribution in [3.8, 4) is 17.2 Å². The van der Waals surface area contributed by atoms with E-state index in [1.165, 1.54) is 17.1 Å². The van der Waals surface area contributed by atoms with Crippen LogP contribution in [0, 0.1) is 0 Å². The highest BCUT2D eigenvalue weighted by Gasteiger charge is 2.07. The summed E-state index contributed by atoms with van der Waals surface area (Å²) in [6.45, 7) is -0.199. The van der Waals surface area contributed by atoms with E-state index in [2.05, 4.69) is 5.10 Å². The van der Waals surface area contributed by atoms with Gasteiger partial charge in [0, 0.05) is 0 Å². The first kappa shape index (κ1) is 12.0. The average Bonchev–Trinajstić information content (AvgIpc) is 2.76. The number of aliphatic carboxylic acids is 1. The van der Waals surface area contributed by atoms with Crippen molar-refractivity contribution in [2.45, 2.75) is 6.54 Å². The van der Waals surface area contributed by atoms with Gasteiger partial charge in [0.05, 0.1) is 19.5 Å². The Kier molecular flexibility index (Phi) is 3.47.